The topological polar surface area (TPSA) is 49.4 Å². The highest BCUT2D eigenvalue weighted by Crippen LogP contribution is 2.30. The minimum atomic E-state index is -0.370. The lowest BCUT2D eigenvalue weighted by atomic mass is 9.98. The number of carbonyl (C=O) groups is 2. The van der Waals surface area contributed by atoms with Crippen LogP contribution in [-0.2, 0) is 6.42 Å². The quantitative estimate of drug-likeness (QED) is 0.585. The molecular weight excluding hydrogens is 391 g/mol. The fraction of sp³-hybridized carbons (Fsp3) is 0.231. The first kappa shape index (κ1) is 20.8. The maximum Gasteiger partial charge on any atom is 0.258 e. The molecule has 1 aliphatic heterocycles. The predicted octanol–water partition coefficient (Wildman–Crippen LogP) is 5.79. The van der Waals surface area contributed by atoms with E-state index in [4.69, 9.17) is 0 Å². The fourth-order valence-electron chi connectivity index (χ4n) is 3.85. The number of hydrogen-bond donors (Lipinski definition) is 1. The van der Waals surface area contributed by atoms with Crippen LogP contribution < -0.4 is 10.2 Å². The number of fused-ring (bicyclic) bond motifs is 1. The Morgan fingerprint density at radius 1 is 0.935 bits per heavy atom. The van der Waals surface area contributed by atoms with Crippen molar-refractivity contribution in [1.82, 2.24) is 0 Å². The fourth-order valence-corrected chi connectivity index (χ4v) is 3.85. The van der Waals surface area contributed by atoms with Gasteiger partial charge >= 0.3 is 0 Å². The van der Waals surface area contributed by atoms with Gasteiger partial charge in [0.15, 0.2) is 0 Å². The highest BCUT2D eigenvalue weighted by atomic mass is 19.1. The molecule has 0 bridgehead atoms. The molecule has 3 aromatic carbocycles. The predicted molar refractivity (Wildman–Crippen MR) is 121 cm³/mol. The molecule has 0 unspecified atom stereocenters. The standard InChI is InChI=1S/C26H25FN2O2/c1-17(2)18-7-12-23(13-8-18)28-25(30)21-9-14-24-20(16-21)4-3-15-29(24)26(31)19-5-10-22(27)11-6-19/h5-14,16-17H,3-4,15H2,1-2H3,(H,28,30). The van der Waals surface area contributed by atoms with Gasteiger partial charge in [0.2, 0.25) is 0 Å². The summed E-state index contributed by atoms with van der Waals surface area (Å²) in [7, 11) is 0. The summed E-state index contributed by atoms with van der Waals surface area (Å²) in [5.74, 6) is -0.276. The van der Waals surface area contributed by atoms with E-state index in [9.17, 15) is 14.0 Å². The minimum Gasteiger partial charge on any atom is -0.322 e. The first-order valence-corrected chi connectivity index (χ1v) is 10.5. The summed E-state index contributed by atoms with van der Waals surface area (Å²) in [6.45, 7) is 4.85. The van der Waals surface area contributed by atoms with Gasteiger partial charge in [-0.25, -0.2) is 4.39 Å². The summed E-state index contributed by atoms with van der Waals surface area (Å²) in [6, 6.07) is 18.9. The van der Waals surface area contributed by atoms with Crippen molar-refractivity contribution in [1.29, 1.82) is 0 Å². The first-order valence-electron chi connectivity index (χ1n) is 10.5. The second-order valence-corrected chi connectivity index (χ2v) is 8.14. The molecular formula is C26H25FN2O2. The molecule has 5 heteroatoms. The second kappa shape index (κ2) is 8.72. The highest BCUT2D eigenvalue weighted by Gasteiger charge is 2.24. The molecule has 1 aliphatic rings. The Kier molecular flexibility index (Phi) is 5.85. The maximum atomic E-state index is 13.2. The Balaban J connectivity index is 1.53. The van der Waals surface area contributed by atoms with Gasteiger partial charge in [-0.3, -0.25) is 9.59 Å². The van der Waals surface area contributed by atoms with Crippen LogP contribution in [0.1, 0.15) is 58.0 Å². The van der Waals surface area contributed by atoms with Gasteiger partial charge in [0.25, 0.3) is 11.8 Å². The molecule has 0 radical (unpaired) electrons. The number of nitrogens with one attached hydrogen (secondary N) is 1. The lowest BCUT2D eigenvalue weighted by Gasteiger charge is -2.30. The first-order chi connectivity index (χ1) is 14.9. The maximum absolute atomic E-state index is 13.2. The van der Waals surface area contributed by atoms with Crippen LogP contribution in [0.4, 0.5) is 15.8 Å². The van der Waals surface area contributed by atoms with Crippen molar-refractivity contribution < 1.29 is 14.0 Å². The molecule has 4 rings (SSSR count). The molecule has 0 saturated carbocycles. The number of benzene rings is 3. The van der Waals surface area contributed by atoms with E-state index in [0.29, 0.717) is 23.6 Å². The van der Waals surface area contributed by atoms with Gasteiger partial charge in [0, 0.05) is 29.0 Å². The SMILES string of the molecule is CC(C)c1ccc(NC(=O)c2ccc3c(c2)CCCN3C(=O)c2ccc(F)cc2)cc1. The number of aryl methyl sites for hydroxylation is 1. The average molecular weight is 416 g/mol. The van der Waals surface area contributed by atoms with E-state index >= 15 is 0 Å². The molecule has 1 heterocycles. The van der Waals surface area contributed by atoms with E-state index in [2.05, 4.69) is 19.2 Å². The van der Waals surface area contributed by atoms with Crippen LogP contribution in [0.3, 0.4) is 0 Å². The third kappa shape index (κ3) is 4.50. The normalized spacial score (nSPS) is 13.1. The lowest BCUT2D eigenvalue weighted by molar-refractivity contribution is 0.0984. The zero-order valence-electron chi connectivity index (χ0n) is 17.7. The van der Waals surface area contributed by atoms with Crippen LogP contribution in [0, 0.1) is 5.82 Å². The lowest BCUT2D eigenvalue weighted by Crippen LogP contribution is -2.35. The van der Waals surface area contributed by atoms with Crippen molar-refractivity contribution in [3.8, 4) is 0 Å². The van der Waals surface area contributed by atoms with Crippen molar-refractivity contribution in [3.05, 3.63) is 94.8 Å². The Morgan fingerprint density at radius 3 is 2.29 bits per heavy atom. The zero-order chi connectivity index (χ0) is 22.0. The second-order valence-electron chi connectivity index (χ2n) is 8.14. The third-order valence-corrected chi connectivity index (χ3v) is 5.63. The van der Waals surface area contributed by atoms with Crippen molar-refractivity contribution in [3.63, 3.8) is 0 Å². The number of amides is 2. The molecule has 4 nitrogen and oxygen atoms in total. The summed E-state index contributed by atoms with van der Waals surface area (Å²) in [4.78, 5) is 27.4. The van der Waals surface area contributed by atoms with Crippen LogP contribution in [-0.4, -0.2) is 18.4 Å². The number of anilines is 2. The number of rotatable bonds is 4. The van der Waals surface area contributed by atoms with Crippen LogP contribution in [0.2, 0.25) is 0 Å². The van der Waals surface area contributed by atoms with Crippen molar-refractivity contribution in [2.75, 3.05) is 16.8 Å². The van der Waals surface area contributed by atoms with Gasteiger partial charge in [-0.1, -0.05) is 26.0 Å². The smallest absolute Gasteiger partial charge is 0.258 e. The highest BCUT2D eigenvalue weighted by molar-refractivity contribution is 6.08. The summed E-state index contributed by atoms with van der Waals surface area (Å²) >= 11 is 0. The molecule has 0 atom stereocenters. The van der Waals surface area contributed by atoms with Crippen LogP contribution in [0.5, 0.6) is 0 Å². The number of hydrogen-bond acceptors (Lipinski definition) is 2. The molecule has 31 heavy (non-hydrogen) atoms. The summed E-state index contributed by atoms with van der Waals surface area (Å²) in [5, 5.41) is 2.94. The number of halogens is 1. The van der Waals surface area contributed by atoms with Crippen molar-refractivity contribution in [2.45, 2.75) is 32.6 Å². The number of carbonyl (C=O) groups excluding carboxylic acids is 2. The van der Waals surface area contributed by atoms with E-state index < -0.39 is 0 Å². The van der Waals surface area contributed by atoms with E-state index in [1.54, 1.807) is 11.0 Å². The van der Waals surface area contributed by atoms with Gasteiger partial charge in [0.05, 0.1) is 0 Å². The van der Waals surface area contributed by atoms with Gasteiger partial charge in [0.1, 0.15) is 5.82 Å². The Labute approximate surface area is 181 Å². The summed E-state index contributed by atoms with van der Waals surface area (Å²) in [5.41, 5.74) is 4.74. The van der Waals surface area contributed by atoms with Crippen LogP contribution >= 0.6 is 0 Å². The van der Waals surface area contributed by atoms with Crippen molar-refractivity contribution in [2.24, 2.45) is 0 Å². The number of nitrogens with zero attached hydrogens (tertiary/aromatic N) is 1. The Bertz CT molecular complexity index is 1110. The molecule has 158 valence electrons. The minimum absolute atomic E-state index is 0.164. The van der Waals surface area contributed by atoms with E-state index in [1.807, 2.05) is 36.4 Å². The van der Waals surface area contributed by atoms with Crippen molar-refractivity contribution >= 4 is 23.2 Å². The van der Waals surface area contributed by atoms with Crippen LogP contribution in [0.15, 0.2) is 66.7 Å². The molecule has 3 aromatic rings. The average Bonchev–Trinajstić information content (AvgIpc) is 2.78. The Morgan fingerprint density at radius 2 is 1.61 bits per heavy atom. The largest absolute Gasteiger partial charge is 0.322 e. The molecule has 0 aromatic heterocycles. The molecule has 0 saturated heterocycles. The van der Waals surface area contributed by atoms with Crippen LogP contribution in [0.25, 0.3) is 0 Å². The van der Waals surface area contributed by atoms with Gasteiger partial charge in [-0.15, -0.1) is 0 Å². The van der Waals surface area contributed by atoms with Gasteiger partial charge in [-0.05, 0) is 84.5 Å². The molecule has 0 spiro atoms. The van der Waals surface area contributed by atoms with Gasteiger partial charge in [-0.2, -0.15) is 0 Å². The monoisotopic (exact) mass is 416 g/mol. The van der Waals surface area contributed by atoms with E-state index in [-0.39, 0.29) is 17.6 Å². The van der Waals surface area contributed by atoms with E-state index in [1.165, 1.54) is 29.8 Å². The van der Waals surface area contributed by atoms with Gasteiger partial charge < -0.3 is 10.2 Å². The van der Waals surface area contributed by atoms with E-state index in [0.717, 1.165) is 29.8 Å². The molecule has 2 amide bonds. The third-order valence-electron chi connectivity index (χ3n) is 5.63. The Hall–Kier alpha value is -3.47. The summed E-state index contributed by atoms with van der Waals surface area (Å²) in [6.07, 6.45) is 1.61. The molecule has 0 fully saturated rings. The zero-order valence-corrected chi connectivity index (χ0v) is 17.7. The molecule has 1 N–H and O–H groups in total. The summed E-state index contributed by atoms with van der Waals surface area (Å²) < 4.78 is 13.2. The molecule has 0 aliphatic carbocycles.